The van der Waals surface area contributed by atoms with Crippen LogP contribution in [-0.2, 0) is 23.1 Å². The molecule has 0 atom stereocenters. The van der Waals surface area contributed by atoms with Gasteiger partial charge in [-0.25, -0.2) is 18.1 Å². The second-order valence-corrected chi connectivity index (χ2v) is 6.53. The van der Waals surface area contributed by atoms with Crippen molar-refractivity contribution in [3.63, 3.8) is 0 Å². The van der Waals surface area contributed by atoms with E-state index < -0.39 is 10.0 Å². The fourth-order valence-corrected chi connectivity index (χ4v) is 3.66. The highest BCUT2D eigenvalue weighted by atomic mass is 79.9. The third-order valence-corrected chi connectivity index (χ3v) is 4.89. The van der Waals surface area contributed by atoms with Gasteiger partial charge < -0.3 is 14.3 Å². The van der Waals surface area contributed by atoms with E-state index in [9.17, 15) is 8.42 Å². The van der Waals surface area contributed by atoms with Crippen LogP contribution in [-0.4, -0.2) is 31.6 Å². The highest BCUT2D eigenvalue weighted by molar-refractivity contribution is 9.10. The Morgan fingerprint density at radius 3 is 2.95 bits per heavy atom. The number of nitrogens with zero attached hydrogens (tertiary/aromatic N) is 2. The Kier molecular flexibility index (Phi) is 4.97. The normalized spacial score (nSPS) is 11.9. The number of hydrogen-bond donors (Lipinski definition) is 2. The lowest BCUT2D eigenvalue weighted by Crippen LogP contribution is -2.27. The molecular formula is C11H15BrN4O3S. The molecule has 9 heteroatoms. The molecule has 0 aliphatic carbocycles. The summed E-state index contributed by atoms with van der Waals surface area (Å²) >= 11 is 3.12. The van der Waals surface area contributed by atoms with Gasteiger partial charge in [0.15, 0.2) is 4.67 Å². The molecule has 0 spiro atoms. The van der Waals surface area contributed by atoms with Gasteiger partial charge in [0, 0.05) is 31.5 Å². The van der Waals surface area contributed by atoms with E-state index in [1.54, 1.807) is 30.3 Å². The zero-order chi connectivity index (χ0) is 14.6. The zero-order valence-electron chi connectivity index (χ0n) is 10.8. The van der Waals surface area contributed by atoms with Crippen molar-refractivity contribution in [3.8, 4) is 0 Å². The SMILES string of the molecule is CNCc1cc(S(=O)(=O)NCCn2ccnc2)c(Br)o1. The fraction of sp³-hybridized carbons (Fsp3) is 0.364. The Morgan fingerprint density at radius 1 is 1.50 bits per heavy atom. The van der Waals surface area contributed by atoms with Crippen molar-refractivity contribution < 1.29 is 12.8 Å². The number of halogens is 1. The van der Waals surface area contributed by atoms with Crippen LogP contribution in [0.25, 0.3) is 0 Å². The minimum absolute atomic E-state index is 0.105. The molecular weight excluding hydrogens is 348 g/mol. The van der Waals surface area contributed by atoms with Gasteiger partial charge in [0.25, 0.3) is 0 Å². The van der Waals surface area contributed by atoms with E-state index in [-0.39, 0.29) is 16.1 Å². The van der Waals surface area contributed by atoms with Crippen LogP contribution in [0.4, 0.5) is 0 Å². The Labute approximate surface area is 125 Å². The average molecular weight is 363 g/mol. The molecule has 0 saturated heterocycles. The summed E-state index contributed by atoms with van der Waals surface area (Å²) in [5.74, 6) is 0.550. The smallest absolute Gasteiger partial charge is 0.245 e. The first kappa shape index (κ1) is 15.2. The third-order valence-electron chi connectivity index (χ3n) is 2.57. The first-order chi connectivity index (χ1) is 9.53. The fourth-order valence-electron chi connectivity index (χ4n) is 1.65. The minimum atomic E-state index is -3.59. The first-order valence-corrected chi connectivity index (χ1v) is 8.19. The Hall–Kier alpha value is -1.16. The van der Waals surface area contributed by atoms with Crippen molar-refractivity contribution in [3.05, 3.63) is 35.2 Å². The van der Waals surface area contributed by atoms with Crippen LogP contribution in [0, 0.1) is 0 Å². The molecule has 7 nitrogen and oxygen atoms in total. The summed E-state index contributed by atoms with van der Waals surface area (Å²) in [4.78, 5) is 3.99. The van der Waals surface area contributed by atoms with E-state index in [1.807, 2.05) is 0 Å². The van der Waals surface area contributed by atoms with Gasteiger partial charge in [-0.2, -0.15) is 0 Å². The maximum absolute atomic E-state index is 12.2. The monoisotopic (exact) mass is 362 g/mol. The van der Waals surface area contributed by atoms with Gasteiger partial charge in [-0.3, -0.25) is 0 Å². The molecule has 0 aliphatic heterocycles. The van der Waals surface area contributed by atoms with Gasteiger partial charge in [-0.15, -0.1) is 0 Å². The number of imidazole rings is 1. The highest BCUT2D eigenvalue weighted by Crippen LogP contribution is 2.25. The van der Waals surface area contributed by atoms with Crippen molar-refractivity contribution in [1.82, 2.24) is 19.6 Å². The molecule has 0 aliphatic rings. The van der Waals surface area contributed by atoms with E-state index in [4.69, 9.17) is 4.42 Å². The molecule has 0 aromatic carbocycles. The van der Waals surface area contributed by atoms with Crippen LogP contribution in [0.3, 0.4) is 0 Å². The van der Waals surface area contributed by atoms with Crippen molar-refractivity contribution in [1.29, 1.82) is 0 Å². The molecule has 20 heavy (non-hydrogen) atoms. The van der Waals surface area contributed by atoms with Gasteiger partial charge in [-0.05, 0) is 23.0 Å². The molecule has 2 rings (SSSR count). The molecule has 0 saturated carbocycles. The number of furan rings is 1. The molecule has 0 radical (unpaired) electrons. The molecule has 2 aromatic rings. The van der Waals surface area contributed by atoms with Gasteiger partial charge in [0.05, 0.1) is 12.9 Å². The molecule has 0 unspecified atom stereocenters. The summed E-state index contributed by atoms with van der Waals surface area (Å²) in [7, 11) is -1.84. The van der Waals surface area contributed by atoms with Gasteiger partial charge in [-0.1, -0.05) is 0 Å². The lowest BCUT2D eigenvalue weighted by molar-refractivity contribution is 0.470. The summed E-state index contributed by atoms with van der Waals surface area (Å²) in [5.41, 5.74) is 0. The Bertz CT molecular complexity index is 651. The Morgan fingerprint density at radius 2 is 2.30 bits per heavy atom. The van der Waals surface area contributed by atoms with Gasteiger partial charge in [0.1, 0.15) is 10.7 Å². The average Bonchev–Trinajstić information content (AvgIpc) is 2.99. The van der Waals surface area contributed by atoms with Gasteiger partial charge >= 0.3 is 0 Å². The number of sulfonamides is 1. The number of nitrogens with one attached hydrogen (secondary N) is 2. The summed E-state index contributed by atoms with van der Waals surface area (Å²) in [6.45, 7) is 1.25. The second-order valence-electron chi connectivity index (χ2n) is 4.08. The van der Waals surface area contributed by atoms with E-state index in [0.717, 1.165) is 0 Å². The standard InChI is InChI=1S/C11H15BrN4O3S/c1-13-7-9-6-10(11(12)19-9)20(17,18)15-3-5-16-4-2-14-8-16/h2,4,6,8,13,15H,3,5,7H2,1H3. The third kappa shape index (κ3) is 3.69. The predicted octanol–water partition coefficient (Wildman–Crippen LogP) is 0.937. The molecule has 2 N–H and O–H groups in total. The lowest BCUT2D eigenvalue weighted by atomic mass is 10.4. The second kappa shape index (κ2) is 6.53. The first-order valence-electron chi connectivity index (χ1n) is 5.91. The molecule has 0 amide bonds. The van der Waals surface area contributed by atoms with Crippen LogP contribution in [0.15, 0.2) is 38.8 Å². The van der Waals surface area contributed by atoms with Crippen molar-refractivity contribution >= 4 is 26.0 Å². The highest BCUT2D eigenvalue weighted by Gasteiger charge is 2.21. The lowest BCUT2D eigenvalue weighted by Gasteiger charge is -2.05. The number of rotatable bonds is 7. The number of aromatic nitrogens is 2. The summed E-state index contributed by atoms with van der Waals surface area (Å²) in [5, 5.41) is 2.90. The Balaban J connectivity index is 2.02. The molecule has 2 aromatic heterocycles. The van der Waals surface area contributed by atoms with Crippen LogP contribution in [0.5, 0.6) is 0 Å². The van der Waals surface area contributed by atoms with Crippen LogP contribution in [0.2, 0.25) is 0 Å². The largest absolute Gasteiger partial charge is 0.452 e. The minimum Gasteiger partial charge on any atom is -0.452 e. The van der Waals surface area contributed by atoms with Crippen molar-refractivity contribution in [2.24, 2.45) is 0 Å². The van der Waals surface area contributed by atoms with E-state index in [1.165, 1.54) is 6.07 Å². The maximum atomic E-state index is 12.2. The molecule has 0 fully saturated rings. The van der Waals surface area contributed by atoms with Crippen LogP contribution >= 0.6 is 15.9 Å². The van der Waals surface area contributed by atoms with E-state index in [0.29, 0.717) is 18.8 Å². The van der Waals surface area contributed by atoms with Crippen LogP contribution < -0.4 is 10.0 Å². The summed E-state index contributed by atoms with van der Waals surface area (Å²) in [6.07, 6.45) is 5.05. The van der Waals surface area contributed by atoms with Crippen molar-refractivity contribution in [2.45, 2.75) is 18.0 Å². The molecule has 110 valence electrons. The number of hydrogen-bond acceptors (Lipinski definition) is 5. The van der Waals surface area contributed by atoms with E-state index in [2.05, 4.69) is 31.0 Å². The summed E-state index contributed by atoms with van der Waals surface area (Å²) < 4.78 is 34.1. The zero-order valence-corrected chi connectivity index (χ0v) is 13.2. The predicted molar refractivity (Wildman–Crippen MR) is 76.6 cm³/mol. The quantitative estimate of drug-likeness (QED) is 0.764. The van der Waals surface area contributed by atoms with Gasteiger partial charge in [0.2, 0.25) is 10.0 Å². The van der Waals surface area contributed by atoms with Crippen molar-refractivity contribution in [2.75, 3.05) is 13.6 Å². The molecule has 0 bridgehead atoms. The van der Waals surface area contributed by atoms with Crippen LogP contribution in [0.1, 0.15) is 5.76 Å². The topological polar surface area (TPSA) is 89.2 Å². The summed E-state index contributed by atoms with van der Waals surface area (Å²) in [6, 6.07) is 1.50. The maximum Gasteiger partial charge on any atom is 0.245 e. The molecule has 2 heterocycles. The van der Waals surface area contributed by atoms with E-state index >= 15 is 0 Å².